The Morgan fingerprint density at radius 3 is 2.26 bits per heavy atom. The first-order valence-electron chi connectivity index (χ1n) is 6.54. The van der Waals surface area contributed by atoms with Gasteiger partial charge in [0.2, 0.25) is 0 Å². The number of rotatable bonds is 3. The number of cyclic esters (lactones) is 2. The van der Waals surface area contributed by atoms with Crippen LogP contribution in [-0.4, -0.2) is 35.1 Å². The van der Waals surface area contributed by atoms with Crippen molar-refractivity contribution in [3.63, 3.8) is 0 Å². The molecule has 2 N–H and O–H groups in total. The quantitative estimate of drug-likeness (QED) is 0.352. The van der Waals surface area contributed by atoms with Crippen LogP contribution in [0.5, 0.6) is 5.75 Å². The van der Waals surface area contributed by atoms with Crippen LogP contribution in [0.2, 0.25) is 0 Å². The van der Waals surface area contributed by atoms with Gasteiger partial charge in [0.1, 0.15) is 5.75 Å². The van der Waals surface area contributed by atoms with Crippen molar-refractivity contribution in [2.45, 2.75) is 0 Å². The van der Waals surface area contributed by atoms with Crippen LogP contribution < -0.4 is 10.2 Å². The Bertz CT molecular complexity index is 811. The largest absolute Gasteiger partial charge is 0.488 e. The van der Waals surface area contributed by atoms with Crippen LogP contribution in [0.1, 0.15) is 31.1 Å². The lowest BCUT2D eigenvalue weighted by molar-refractivity contribution is 0.0443. The molecule has 1 aliphatic heterocycles. The predicted octanol–water partition coefficient (Wildman–Crippen LogP) is -0.104. The van der Waals surface area contributed by atoms with Crippen molar-refractivity contribution in [2.75, 3.05) is 0 Å². The molecule has 0 amide bonds. The summed E-state index contributed by atoms with van der Waals surface area (Å²) in [7, 11) is -1.61. The predicted molar refractivity (Wildman–Crippen MR) is 77.4 cm³/mol. The van der Waals surface area contributed by atoms with Crippen molar-refractivity contribution in [1.29, 1.82) is 0 Å². The molecule has 8 heteroatoms. The van der Waals surface area contributed by atoms with Crippen molar-refractivity contribution in [3.8, 4) is 5.75 Å². The third-order valence-corrected chi connectivity index (χ3v) is 3.27. The third-order valence-electron chi connectivity index (χ3n) is 3.27. The maximum absolute atomic E-state index is 12.1. The number of fused-ring (bicyclic) bond motifs is 1. The Labute approximate surface area is 130 Å². The van der Waals surface area contributed by atoms with E-state index in [1.807, 2.05) is 0 Å². The summed E-state index contributed by atoms with van der Waals surface area (Å²) >= 11 is 0. The Balaban J connectivity index is 1.80. The topological polar surface area (TPSA) is 110 Å². The molecular weight excluding hydrogens is 303 g/mol. The average molecular weight is 312 g/mol. The Morgan fingerprint density at radius 1 is 0.957 bits per heavy atom. The van der Waals surface area contributed by atoms with E-state index in [9.17, 15) is 14.4 Å². The van der Waals surface area contributed by atoms with Gasteiger partial charge in [-0.1, -0.05) is 12.1 Å². The van der Waals surface area contributed by atoms with Crippen molar-refractivity contribution in [2.24, 2.45) is 0 Å². The second kappa shape index (κ2) is 5.67. The van der Waals surface area contributed by atoms with Crippen LogP contribution in [0.3, 0.4) is 0 Å². The number of carbonyl (C=O) groups is 3. The normalized spacial score (nSPS) is 12.6. The van der Waals surface area contributed by atoms with Gasteiger partial charge in [0.15, 0.2) is 0 Å². The number of carbonyl (C=O) groups excluding carboxylic acids is 3. The van der Waals surface area contributed by atoms with Gasteiger partial charge in [-0.2, -0.15) is 0 Å². The van der Waals surface area contributed by atoms with Crippen LogP contribution in [0, 0.1) is 0 Å². The molecule has 2 aromatic carbocycles. The highest BCUT2D eigenvalue weighted by Crippen LogP contribution is 2.22. The molecule has 0 radical (unpaired) electrons. The van der Waals surface area contributed by atoms with E-state index in [0.29, 0.717) is 0 Å². The van der Waals surface area contributed by atoms with Crippen LogP contribution in [0.4, 0.5) is 0 Å². The van der Waals surface area contributed by atoms with Gasteiger partial charge in [-0.15, -0.1) is 0 Å². The average Bonchev–Trinajstić information content (AvgIpc) is 2.82. The molecule has 0 fully saturated rings. The molecule has 114 valence electrons. The number of benzene rings is 2. The van der Waals surface area contributed by atoms with E-state index in [-0.39, 0.29) is 27.9 Å². The zero-order valence-corrected chi connectivity index (χ0v) is 11.6. The zero-order valence-electron chi connectivity index (χ0n) is 11.6. The maximum Gasteiger partial charge on any atom is 0.488 e. The Kier molecular flexibility index (Phi) is 3.69. The van der Waals surface area contributed by atoms with E-state index in [1.54, 1.807) is 0 Å². The van der Waals surface area contributed by atoms with E-state index < -0.39 is 25.0 Å². The van der Waals surface area contributed by atoms with E-state index >= 15 is 0 Å². The minimum atomic E-state index is -1.61. The molecule has 0 saturated heterocycles. The summed E-state index contributed by atoms with van der Waals surface area (Å²) in [5, 5.41) is 18.0. The molecule has 1 heterocycles. The van der Waals surface area contributed by atoms with E-state index in [4.69, 9.17) is 14.8 Å². The highest BCUT2D eigenvalue weighted by molar-refractivity contribution is 6.58. The fraction of sp³-hybridized carbons (Fsp3) is 0. The number of hydrogen-bond acceptors (Lipinski definition) is 7. The van der Waals surface area contributed by atoms with Crippen LogP contribution in [-0.2, 0) is 4.74 Å². The van der Waals surface area contributed by atoms with Gasteiger partial charge < -0.3 is 19.5 Å². The molecule has 0 unspecified atom stereocenters. The van der Waals surface area contributed by atoms with Gasteiger partial charge in [-0.25, -0.2) is 14.4 Å². The van der Waals surface area contributed by atoms with E-state index in [2.05, 4.69) is 4.74 Å². The van der Waals surface area contributed by atoms with Crippen molar-refractivity contribution in [3.05, 3.63) is 59.2 Å². The van der Waals surface area contributed by atoms with E-state index in [0.717, 1.165) is 0 Å². The minimum Gasteiger partial charge on any atom is -0.423 e. The smallest absolute Gasteiger partial charge is 0.423 e. The van der Waals surface area contributed by atoms with Gasteiger partial charge in [-0.3, -0.25) is 0 Å². The second-order valence-electron chi connectivity index (χ2n) is 4.77. The first-order valence-corrected chi connectivity index (χ1v) is 6.54. The first kappa shape index (κ1) is 15.0. The molecule has 3 rings (SSSR count). The Hall–Kier alpha value is -2.97. The molecule has 0 spiro atoms. The number of esters is 3. The van der Waals surface area contributed by atoms with Gasteiger partial charge in [0, 0.05) is 0 Å². The van der Waals surface area contributed by atoms with Crippen molar-refractivity contribution >= 4 is 30.5 Å². The molecule has 7 nitrogen and oxygen atoms in total. The standard InChI is InChI=1S/C15H9BO7/c17-13(22-10-4-2-9(3-5-10)16(20)21)8-1-6-11-12(7-8)15(19)23-14(11)18/h1-7,20-21H. The summed E-state index contributed by atoms with van der Waals surface area (Å²) in [5.41, 5.74) is 0.460. The molecule has 0 aliphatic carbocycles. The van der Waals surface area contributed by atoms with Crippen LogP contribution in [0.15, 0.2) is 42.5 Å². The van der Waals surface area contributed by atoms with Gasteiger partial charge in [-0.05, 0) is 35.8 Å². The summed E-state index contributed by atoms with van der Waals surface area (Å²) < 4.78 is 9.56. The highest BCUT2D eigenvalue weighted by atomic mass is 16.6. The SMILES string of the molecule is O=C(Oc1ccc(B(O)O)cc1)c1ccc2c(c1)C(=O)OC2=O. The van der Waals surface area contributed by atoms with Crippen molar-refractivity contribution < 1.29 is 33.9 Å². The summed E-state index contributed by atoms with van der Waals surface area (Å²) in [6.45, 7) is 0. The molecule has 0 saturated carbocycles. The Morgan fingerprint density at radius 2 is 1.61 bits per heavy atom. The maximum atomic E-state index is 12.1. The summed E-state index contributed by atoms with van der Waals surface area (Å²) in [4.78, 5) is 34.9. The summed E-state index contributed by atoms with van der Waals surface area (Å²) in [5.74, 6) is -2.08. The molecule has 23 heavy (non-hydrogen) atoms. The number of ether oxygens (including phenoxy) is 2. The lowest BCUT2D eigenvalue weighted by Crippen LogP contribution is -2.29. The fourth-order valence-corrected chi connectivity index (χ4v) is 2.09. The molecule has 0 aromatic heterocycles. The van der Waals surface area contributed by atoms with Crippen LogP contribution >= 0.6 is 0 Å². The lowest BCUT2D eigenvalue weighted by Gasteiger charge is -2.06. The van der Waals surface area contributed by atoms with Crippen LogP contribution in [0.25, 0.3) is 0 Å². The van der Waals surface area contributed by atoms with Crippen molar-refractivity contribution in [1.82, 2.24) is 0 Å². The van der Waals surface area contributed by atoms with Gasteiger partial charge in [0.25, 0.3) is 0 Å². The first-order chi connectivity index (χ1) is 11.0. The second-order valence-corrected chi connectivity index (χ2v) is 4.77. The monoisotopic (exact) mass is 312 g/mol. The molecule has 1 aliphatic rings. The zero-order chi connectivity index (χ0) is 16.6. The lowest BCUT2D eigenvalue weighted by atomic mass is 9.80. The molecular formula is C15H9BO7. The fourth-order valence-electron chi connectivity index (χ4n) is 2.09. The molecule has 2 aromatic rings. The summed E-state index contributed by atoms with van der Waals surface area (Å²) in [6.07, 6.45) is 0. The minimum absolute atomic E-state index is 0.0169. The van der Waals surface area contributed by atoms with Gasteiger partial charge in [0.05, 0.1) is 16.7 Å². The van der Waals surface area contributed by atoms with Gasteiger partial charge >= 0.3 is 25.0 Å². The third kappa shape index (κ3) is 2.85. The number of hydrogen-bond donors (Lipinski definition) is 2. The molecule has 0 atom stereocenters. The molecule has 0 bridgehead atoms. The summed E-state index contributed by atoms with van der Waals surface area (Å²) in [6, 6.07) is 9.50. The highest BCUT2D eigenvalue weighted by Gasteiger charge is 2.30. The van der Waals surface area contributed by atoms with E-state index in [1.165, 1.54) is 42.5 Å².